The molecule has 0 aromatic heterocycles. The van der Waals surface area contributed by atoms with Crippen LogP contribution in [0, 0.1) is 0 Å². The van der Waals surface area contributed by atoms with Gasteiger partial charge in [-0.1, -0.05) is 13.3 Å². The summed E-state index contributed by atoms with van der Waals surface area (Å²) in [6.45, 7) is 2.10. The minimum Gasteiger partial charge on any atom is -0.481 e. The number of hydrogen-bond acceptors (Lipinski definition) is 12. The molecule has 0 bridgehead atoms. The van der Waals surface area contributed by atoms with E-state index < -0.39 is 27.3 Å². The predicted molar refractivity (Wildman–Crippen MR) is 143 cm³/mol. The predicted octanol–water partition coefficient (Wildman–Crippen LogP) is 2.53. The van der Waals surface area contributed by atoms with Gasteiger partial charge in [-0.3, -0.25) is 19.2 Å². The molecule has 176 valence electrons. The molecule has 0 saturated carbocycles. The van der Waals surface area contributed by atoms with Crippen molar-refractivity contribution < 1.29 is 39.6 Å². The lowest BCUT2D eigenvalue weighted by molar-refractivity contribution is -0.134. The molecule has 0 aromatic rings. The van der Waals surface area contributed by atoms with Gasteiger partial charge in [0.2, 0.25) is 0 Å². The van der Waals surface area contributed by atoms with Crippen molar-refractivity contribution in [3.05, 3.63) is 0 Å². The molecule has 8 nitrogen and oxygen atoms in total. The van der Waals surface area contributed by atoms with Crippen molar-refractivity contribution in [1.82, 2.24) is 0 Å². The van der Waals surface area contributed by atoms with Gasteiger partial charge < -0.3 is 20.4 Å². The SMILES string of the molecule is CCCC(S)C(S)(S)S.O=C(O)CS.O=C(O)CS.O=C(O)CS.O=C(O)CS. The van der Waals surface area contributed by atoms with E-state index in [0.29, 0.717) is 0 Å². The molecule has 0 amide bonds. The maximum Gasteiger partial charge on any atom is 0.313 e. The third kappa shape index (κ3) is 65.3. The van der Waals surface area contributed by atoms with Crippen LogP contribution in [0.3, 0.4) is 0 Å². The van der Waals surface area contributed by atoms with Crippen LogP contribution in [0.2, 0.25) is 0 Å². The fourth-order valence-corrected chi connectivity index (χ4v) is 1.11. The van der Waals surface area contributed by atoms with Gasteiger partial charge in [0.25, 0.3) is 0 Å². The standard InChI is InChI=1S/C5H12S4.4C2H4O2S/c1-2-3-4(6)5(7,8)9;4*3-2(4)1-5/h4,6-9H,2-3H2,1H3;4*5H,1H2,(H,3,4). The van der Waals surface area contributed by atoms with Gasteiger partial charge in [0.05, 0.1) is 23.0 Å². The average Bonchev–Trinajstić information content (AvgIpc) is 2.62. The molecule has 1 atom stereocenters. The minimum atomic E-state index is -0.881. The molecule has 0 aromatic carbocycles. The molecule has 0 radical (unpaired) electrons. The molecule has 1 unspecified atom stereocenters. The van der Waals surface area contributed by atoms with E-state index >= 15 is 0 Å². The maximum atomic E-state index is 9.29. The van der Waals surface area contributed by atoms with Crippen LogP contribution in [0.15, 0.2) is 0 Å². The highest BCUT2D eigenvalue weighted by atomic mass is 32.2. The zero-order valence-corrected chi connectivity index (χ0v) is 22.5. The van der Waals surface area contributed by atoms with E-state index in [-0.39, 0.29) is 28.3 Å². The summed E-state index contributed by atoms with van der Waals surface area (Å²) in [7, 11) is 0. The lowest BCUT2D eigenvalue weighted by Crippen LogP contribution is -2.19. The molecule has 29 heavy (non-hydrogen) atoms. The molecule has 0 spiro atoms. The number of rotatable bonds is 7. The Morgan fingerprint density at radius 2 is 0.862 bits per heavy atom. The van der Waals surface area contributed by atoms with Crippen LogP contribution in [0.1, 0.15) is 19.8 Å². The Morgan fingerprint density at radius 3 is 0.897 bits per heavy atom. The number of carboxylic acid groups (broad SMARTS) is 4. The van der Waals surface area contributed by atoms with E-state index in [1.165, 1.54) is 0 Å². The number of aliphatic carboxylic acids is 4. The first kappa shape index (κ1) is 40.1. The van der Waals surface area contributed by atoms with Crippen molar-refractivity contribution in [3.63, 3.8) is 0 Å². The van der Waals surface area contributed by atoms with Gasteiger partial charge >= 0.3 is 23.9 Å². The molecule has 0 aliphatic carbocycles. The molecular weight excluding hydrogens is 541 g/mol. The average molecular weight is 569 g/mol. The Morgan fingerprint density at radius 1 is 0.690 bits per heavy atom. The molecule has 0 rings (SSSR count). The summed E-state index contributed by atoms with van der Waals surface area (Å²) in [5.41, 5.74) is 0. The van der Waals surface area contributed by atoms with Crippen LogP contribution in [0.5, 0.6) is 0 Å². The minimum absolute atomic E-state index is 0.0833. The van der Waals surface area contributed by atoms with Crippen molar-refractivity contribution >= 4 is 125 Å². The Balaban J connectivity index is -0.0000000853. The van der Waals surface area contributed by atoms with E-state index in [4.69, 9.17) is 20.4 Å². The van der Waals surface area contributed by atoms with Crippen LogP contribution in [0.25, 0.3) is 0 Å². The summed E-state index contributed by atoms with van der Waals surface area (Å²) >= 11 is 30.3. The zero-order chi connectivity index (χ0) is 24.6. The second-order valence-corrected chi connectivity index (χ2v) is 9.26. The second kappa shape index (κ2) is 28.7. The largest absolute Gasteiger partial charge is 0.481 e. The molecular formula is C13H28O8S8. The molecule has 0 heterocycles. The molecule has 0 fully saturated rings. The van der Waals surface area contributed by atoms with Crippen LogP contribution in [-0.4, -0.2) is 76.0 Å². The smallest absolute Gasteiger partial charge is 0.313 e. The highest BCUT2D eigenvalue weighted by Crippen LogP contribution is 2.34. The van der Waals surface area contributed by atoms with Crippen LogP contribution < -0.4 is 0 Å². The van der Waals surface area contributed by atoms with Gasteiger partial charge in [-0.25, -0.2) is 0 Å². The van der Waals surface area contributed by atoms with E-state index in [1.807, 2.05) is 0 Å². The van der Waals surface area contributed by atoms with Crippen LogP contribution in [0.4, 0.5) is 0 Å². The molecule has 0 saturated heterocycles. The first-order valence-electron chi connectivity index (χ1n) is 7.22. The first-order valence-corrected chi connectivity index (χ1v) is 11.6. The van der Waals surface area contributed by atoms with E-state index in [9.17, 15) is 19.2 Å². The van der Waals surface area contributed by atoms with Crippen LogP contribution in [-0.2, 0) is 19.2 Å². The van der Waals surface area contributed by atoms with Crippen molar-refractivity contribution in [3.8, 4) is 0 Å². The second-order valence-electron chi connectivity index (χ2n) is 4.20. The van der Waals surface area contributed by atoms with E-state index in [2.05, 4.69) is 108 Å². The van der Waals surface area contributed by atoms with Gasteiger partial charge in [-0.05, 0) is 6.42 Å². The first-order chi connectivity index (χ1) is 13.1. The highest BCUT2D eigenvalue weighted by molar-refractivity contribution is 8.18. The number of carbonyl (C=O) groups is 4. The quantitative estimate of drug-likeness (QED) is 0.166. The monoisotopic (exact) mass is 568 g/mol. The van der Waals surface area contributed by atoms with Gasteiger partial charge in [-0.2, -0.15) is 101 Å². The normalized spacial score (nSPS) is 9.97. The lowest BCUT2D eigenvalue weighted by atomic mass is 10.3. The number of carboxylic acids is 4. The molecule has 0 aliphatic heterocycles. The summed E-state index contributed by atoms with van der Waals surface area (Å²) in [5.74, 6) is -3.86. The Labute approximate surface area is 214 Å². The van der Waals surface area contributed by atoms with Crippen molar-refractivity contribution in [1.29, 1.82) is 0 Å². The van der Waals surface area contributed by atoms with E-state index in [0.717, 1.165) is 12.8 Å². The number of thiol groups is 8. The summed E-state index contributed by atoms with van der Waals surface area (Å²) in [5, 5.41) is 30.7. The Hall–Kier alpha value is 0.680. The maximum absolute atomic E-state index is 9.29. The van der Waals surface area contributed by atoms with Gasteiger partial charge in [0, 0.05) is 5.25 Å². The van der Waals surface area contributed by atoms with Crippen LogP contribution >= 0.6 is 101 Å². The highest BCUT2D eigenvalue weighted by Gasteiger charge is 2.22. The Bertz CT molecular complexity index is 376. The van der Waals surface area contributed by atoms with Crippen molar-refractivity contribution in [2.75, 3.05) is 23.0 Å². The summed E-state index contributed by atoms with van der Waals surface area (Å²) in [6.07, 6.45) is 2.09. The Kier molecular flexibility index (Phi) is 39.6. The lowest BCUT2D eigenvalue weighted by Gasteiger charge is -2.22. The van der Waals surface area contributed by atoms with Gasteiger partial charge in [0.15, 0.2) is 0 Å². The third-order valence-corrected chi connectivity index (χ3v) is 4.82. The molecule has 16 heteroatoms. The third-order valence-electron chi connectivity index (χ3n) is 1.55. The fourth-order valence-electron chi connectivity index (χ4n) is 0.467. The molecule has 0 aliphatic rings. The number of hydrogen-bond donors (Lipinski definition) is 12. The zero-order valence-electron chi connectivity index (χ0n) is 15.3. The summed E-state index contributed by atoms with van der Waals surface area (Å²) < 4.78 is -0.543. The topological polar surface area (TPSA) is 149 Å². The molecule has 4 N–H and O–H groups in total. The van der Waals surface area contributed by atoms with Crippen molar-refractivity contribution in [2.45, 2.75) is 28.4 Å². The summed E-state index contributed by atoms with van der Waals surface area (Å²) in [4.78, 5) is 37.2. The summed E-state index contributed by atoms with van der Waals surface area (Å²) in [6, 6.07) is 0. The van der Waals surface area contributed by atoms with E-state index in [1.54, 1.807) is 0 Å². The fraction of sp³-hybridized carbons (Fsp3) is 0.692. The van der Waals surface area contributed by atoms with Gasteiger partial charge in [-0.15, -0.1) is 0 Å². The van der Waals surface area contributed by atoms with Crippen molar-refractivity contribution in [2.24, 2.45) is 0 Å². The van der Waals surface area contributed by atoms with Gasteiger partial charge in [0.1, 0.15) is 3.41 Å².